The Morgan fingerprint density at radius 2 is 2.12 bits per heavy atom. The number of likely N-dealkylation sites (tertiary alicyclic amines) is 1. The largest absolute Gasteiger partial charge is 0.493 e. The number of ether oxygens (including phenoxy) is 3. The third-order valence-electron chi connectivity index (χ3n) is 5.44. The Balaban J connectivity index is 1.19. The first kappa shape index (κ1) is 16.9. The van der Waals surface area contributed by atoms with Crippen LogP contribution < -0.4 is 4.74 Å². The van der Waals surface area contributed by atoms with E-state index in [1.54, 1.807) is 0 Å². The normalized spacial score (nSPS) is 28.6. The highest BCUT2D eigenvalue weighted by molar-refractivity contribution is 5.76. The summed E-state index contributed by atoms with van der Waals surface area (Å²) in [5, 5.41) is 0. The van der Waals surface area contributed by atoms with E-state index in [4.69, 9.17) is 14.2 Å². The Bertz CT molecular complexity index is 589. The molecule has 1 amide bonds. The second kappa shape index (κ2) is 7.34. The summed E-state index contributed by atoms with van der Waals surface area (Å²) >= 11 is 0. The molecule has 5 heteroatoms. The van der Waals surface area contributed by atoms with Gasteiger partial charge >= 0.3 is 0 Å². The third kappa shape index (κ3) is 4.33. The van der Waals surface area contributed by atoms with E-state index in [0.717, 1.165) is 37.7 Å². The molecule has 0 radical (unpaired) electrons. The minimum Gasteiger partial charge on any atom is -0.493 e. The van der Waals surface area contributed by atoms with Crippen LogP contribution in [0.1, 0.15) is 32.1 Å². The minimum absolute atomic E-state index is 0.152. The van der Waals surface area contributed by atoms with Gasteiger partial charge in [-0.05, 0) is 37.3 Å². The van der Waals surface area contributed by atoms with Crippen LogP contribution in [0.2, 0.25) is 0 Å². The highest BCUT2D eigenvalue weighted by Crippen LogP contribution is 2.37. The summed E-state index contributed by atoms with van der Waals surface area (Å²) in [4.78, 5) is 14.4. The number of benzene rings is 1. The molecule has 5 nitrogen and oxygen atoms in total. The highest BCUT2D eigenvalue weighted by Gasteiger charge is 2.47. The molecule has 0 N–H and O–H groups in total. The predicted molar refractivity (Wildman–Crippen MR) is 93.5 cm³/mol. The first-order valence-electron chi connectivity index (χ1n) is 9.44. The van der Waals surface area contributed by atoms with Gasteiger partial charge in [-0.3, -0.25) is 4.79 Å². The van der Waals surface area contributed by atoms with E-state index in [2.05, 4.69) is 0 Å². The van der Waals surface area contributed by atoms with Gasteiger partial charge in [0.25, 0.3) is 0 Å². The van der Waals surface area contributed by atoms with Crippen molar-refractivity contribution in [1.82, 2.24) is 4.90 Å². The number of carbonyl (C=O) groups excluding carboxylic acids is 1. The van der Waals surface area contributed by atoms with Crippen molar-refractivity contribution >= 4 is 5.91 Å². The summed E-state index contributed by atoms with van der Waals surface area (Å²) < 4.78 is 17.7. The summed E-state index contributed by atoms with van der Waals surface area (Å²) in [5.41, 5.74) is -0.176. The Morgan fingerprint density at radius 1 is 1.28 bits per heavy atom. The molecule has 1 aliphatic carbocycles. The molecule has 2 atom stereocenters. The summed E-state index contributed by atoms with van der Waals surface area (Å²) in [6, 6.07) is 9.62. The minimum atomic E-state index is -0.176. The molecule has 1 saturated carbocycles. The Hall–Kier alpha value is -1.59. The molecule has 2 saturated heterocycles. The summed E-state index contributed by atoms with van der Waals surface area (Å²) in [7, 11) is 0. The smallest absolute Gasteiger partial charge is 0.226 e. The van der Waals surface area contributed by atoms with E-state index in [1.807, 2.05) is 35.2 Å². The van der Waals surface area contributed by atoms with E-state index >= 15 is 0 Å². The monoisotopic (exact) mass is 345 g/mol. The quantitative estimate of drug-likeness (QED) is 0.762. The first-order chi connectivity index (χ1) is 12.2. The zero-order chi connectivity index (χ0) is 17.1. The summed E-state index contributed by atoms with van der Waals surface area (Å²) in [6.45, 7) is 3.44. The zero-order valence-electron chi connectivity index (χ0n) is 14.7. The molecule has 2 aliphatic heterocycles. The van der Waals surface area contributed by atoms with Gasteiger partial charge in [0.15, 0.2) is 0 Å². The van der Waals surface area contributed by atoms with Gasteiger partial charge in [0, 0.05) is 26.1 Å². The molecule has 136 valence electrons. The number of amides is 1. The average Bonchev–Trinajstić information content (AvgIpc) is 3.25. The number of para-hydroxylation sites is 1. The van der Waals surface area contributed by atoms with Crippen molar-refractivity contribution in [1.29, 1.82) is 0 Å². The molecule has 0 aromatic heterocycles. The molecule has 1 spiro atoms. The van der Waals surface area contributed by atoms with Crippen molar-refractivity contribution in [3.63, 3.8) is 0 Å². The van der Waals surface area contributed by atoms with Crippen molar-refractivity contribution in [3.05, 3.63) is 30.3 Å². The van der Waals surface area contributed by atoms with Crippen LogP contribution in [0.25, 0.3) is 0 Å². The topological polar surface area (TPSA) is 48.0 Å². The molecule has 1 aromatic rings. The lowest BCUT2D eigenvalue weighted by Crippen LogP contribution is -2.36. The fourth-order valence-electron chi connectivity index (χ4n) is 3.74. The van der Waals surface area contributed by atoms with Gasteiger partial charge in [-0.15, -0.1) is 0 Å². The van der Waals surface area contributed by atoms with Crippen molar-refractivity contribution in [2.75, 3.05) is 32.9 Å². The third-order valence-corrected chi connectivity index (χ3v) is 5.44. The molecule has 4 rings (SSSR count). The van der Waals surface area contributed by atoms with Crippen LogP contribution in [0.3, 0.4) is 0 Å². The second-order valence-corrected chi connectivity index (χ2v) is 7.57. The molecule has 3 aliphatic rings. The number of rotatable bonds is 7. The lowest BCUT2D eigenvalue weighted by atomic mass is 9.98. The Labute approximate surface area is 149 Å². The Kier molecular flexibility index (Phi) is 4.95. The van der Waals surface area contributed by atoms with Crippen LogP contribution in [0.5, 0.6) is 5.75 Å². The van der Waals surface area contributed by atoms with Crippen molar-refractivity contribution in [3.8, 4) is 5.75 Å². The predicted octanol–water partition coefficient (Wildman–Crippen LogP) is 2.64. The second-order valence-electron chi connectivity index (χ2n) is 7.57. The standard InChI is InChI=1S/C20H27NO4/c22-19(8-11-23-17-4-2-1-3-5-17)21-10-9-20(15-21)12-18(14-25-20)24-13-16-6-7-16/h1-5,16,18H,6-15H2/t18-,20+/m0/s1. The van der Waals surface area contributed by atoms with Crippen molar-refractivity contribution < 1.29 is 19.0 Å². The SMILES string of the molecule is O=C(CCOc1ccccc1)N1CC[C@@]2(C[C@H](OCC3CC3)CO2)C1. The van der Waals surface area contributed by atoms with E-state index < -0.39 is 0 Å². The van der Waals surface area contributed by atoms with Gasteiger partial charge in [-0.2, -0.15) is 0 Å². The number of nitrogens with zero attached hydrogens (tertiary/aromatic N) is 1. The van der Waals surface area contributed by atoms with Crippen LogP contribution in [0, 0.1) is 5.92 Å². The lowest BCUT2D eigenvalue weighted by molar-refractivity contribution is -0.131. The van der Waals surface area contributed by atoms with Crippen molar-refractivity contribution in [2.24, 2.45) is 5.92 Å². The molecule has 3 fully saturated rings. The number of hydrogen-bond acceptors (Lipinski definition) is 4. The van der Waals surface area contributed by atoms with E-state index in [0.29, 0.717) is 26.2 Å². The van der Waals surface area contributed by atoms with Gasteiger partial charge < -0.3 is 19.1 Å². The molecule has 2 heterocycles. The fourth-order valence-corrected chi connectivity index (χ4v) is 3.74. The summed E-state index contributed by atoms with van der Waals surface area (Å²) in [6.07, 6.45) is 5.08. The van der Waals surface area contributed by atoms with Gasteiger partial charge in [-0.1, -0.05) is 18.2 Å². The molecule has 0 unspecified atom stereocenters. The number of hydrogen-bond donors (Lipinski definition) is 0. The number of carbonyl (C=O) groups is 1. The van der Waals surface area contributed by atoms with Crippen LogP contribution in [0.4, 0.5) is 0 Å². The fraction of sp³-hybridized carbons (Fsp3) is 0.650. The van der Waals surface area contributed by atoms with Crippen molar-refractivity contribution in [2.45, 2.75) is 43.8 Å². The Morgan fingerprint density at radius 3 is 2.92 bits per heavy atom. The molecular formula is C20H27NO4. The molecule has 0 bridgehead atoms. The molecule has 25 heavy (non-hydrogen) atoms. The van der Waals surface area contributed by atoms with Crippen LogP contribution in [0.15, 0.2) is 30.3 Å². The maximum Gasteiger partial charge on any atom is 0.226 e. The first-order valence-corrected chi connectivity index (χ1v) is 9.44. The van der Waals surface area contributed by atoms with Crippen LogP contribution in [-0.4, -0.2) is 55.4 Å². The van der Waals surface area contributed by atoms with Crippen LogP contribution >= 0.6 is 0 Å². The van der Waals surface area contributed by atoms with Crippen LogP contribution in [-0.2, 0) is 14.3 Å². The van der Waals surface area contributed by atoms with Gasteiger partial charge in [0.05, 0.1) is 31.3 Å². The van der Waals surface area contributed by atoms with E-state index in [1.165, 1.54) is 12.8 Å². The zero-order valence-corrected chi connectivity index (χ0v) is 14.7. The summed E-state index contributed by atoms with van der Waals surface area (Å²) in [5.74, 6) is 1.74. The maximum absolute atomic E-state index is 12.4. The lowest BCUT2D eigenvalue weighted by Gasteiger charge is -2.23. The van der Waals surface area contributed by atoms with Gasteiger partial charge in [-0.25, -0.2) is 0 Å². The van der Waals surface area contributed by atoms with E-state index in [9.17, 15) is 4.79 Å². The molecular weight excluding hydrogens is 318 g/mol. The maximum atomic E-state index is 12.4. The van der Waals surface area contributed by atoms with Gasteiger partial charge in [0.2, 0.25) is 5.91 Å². The molecule has 1 aromatic carbocycles. The average molecular weight is 345 g/mol. The van der Waals surface area contributed by atoms with Gasteiger partial charge in [0.1, 0.15) is 5.75 Å². The van der Waals surface area contributed by atoms with E-state index in [-0.39, 0.29) is 17.6 Å². The highest BCUT2D eigenvalue weighted by atomic mass is 16.6.